The highest BCUT2D eigenvalue weighted by Gasteiger charge is 2.21. The van der Waals surface area contributed by atoms with Crippen molar-refractivity contribution in [2.24, 2.45) is 10.7 Å². The maximum Gasteiger partial charge on any atom is 0.314 e. The molecule has 2 aromatic carbocycles. The molecule has 0 aromatic heterocycles. The summed E-state index contributed by atoms with van der Waals surface area (Å²) in [4.78, 5) is 17.7. The minimum atomic E-state index is -0.350. The van der Waals surface area contributed by atoms with Crippen molar-refractivity contribution in [3.05, 3.63) is 54.1 Å². The van der Waals surface area contributed by atoms with Crippen LogP contribution in [0.3, 0.4) is 0 Å². The Labute approximate surface area is 206 Å². The van der Waals surface area contributed by atoms with Crippen LogP contribution in [-0.4, -0.2) is 49.7 Å². The number of methoxy groups -OCH3 is 1. The molecule has 174 valence electrons. The van der Waals surface area contributed by atoms with Gasteiger partial charge in [-0.05, 0) is 49.6 Å². The number of carbonyl (C=O) groups excluding carboxylic acids is 1. The van der Waals surface area contributed by atoms with Crippen LogP contribution in [0.5, 0.6) is 17.2 Å². The monoisotopic (exact) mass is 553 g/mol. The number of benzene rings is 2. The lowest BCUT2D eigenvalue weighted by Crippen LogP contribution is -2.50. The molecular weight excluding hydrogens is 521 g/mol. The lowest BCUT2D eigenvalue weighted by Gasteiger charge is -2.32. The first-order valence-electron chi connectivity index (χ1n) is 10.6. The number of hydrogen-bond acceptors (Lipinski definition) is 4. The van der Waals surface area contributed by atoms with Gasteiger partial charge in [-0.1, -0.05) is 24.3 Å². The normalized spacial score (nSPS) is 14.3. The summed E-state index contributed by atoms with van der Waals surface area (Å²) in [6, 6.07) is 15.3. The number of guanidine groups is 1. The third-order valence-electron chi connectivity index (χ3n) is 5.13. The third kappa shape index (κ3) is 7.47. The van der Waals surface area contributed by atoms with Crippen molar-refractivity contribution in [2.45, 2.75) is 32.4 Å². The number of nitrogens with one attached hydrogen (secondary N) is 2. The number of nitrogens with zero attached hydrogens (tertiary/aromatic N) is 2. The standard InChI is InChI=1S/C23H31N5O3.HI/c1-3-25-23(27-18-12-14-28(15-13-18)22(24)29)26-16-17-8-10-19(11-9-17)31-21-7-5-4-6-20(21)30-2;/h4-11,18H,3,12-16H2,1-2H3,(H2,24,29)(H2,25,26,27);1H. The van der Waals surface area contributed by atoms with Crippen molar-refractivity contribution in [3.8, 4) is 17.2 Å². The summed E-state index contributed by atoms with van der Waals surface area (Å²) >= 11 is 0. The van der Waals surface area contributed by atoms with Gasteiger partial charge < -0.3 is 30.7 Å². The Balaban J connectivity index is 0.00000363. The molecule has 8 nitrogen and oxygen atoms in total. The van der Waals surface area contributed by atoms with Crippen LogP contribution >= 0.6 is 24.0 Å². The molecule has 1 aliphatic rings. The van der Waals surface area contributed by atoms with Crippen LogP contribution in [0.2, 0.25) is 0 Å². The highest BCUT2D eigenvalue weighted by molar-refractivity contribution is 14.0. The topological polar surface area (TPSA) is 101 Å². The highest BCUT2D eigenvalue weighted by Crippen LogP contribution is 2.30. The van der Waals surface area contributed by atoms with E-state index in [4.69, 9.17) is 20.2 Å². The summed E-state index contributed by atoms with van der Waals surface area (Å²) in [5.74, 6) is 2.88. The molecule has 1 heterocycles. The number of piperidine rings is 1. The number of carbonyl (C=O) groups is 1. The number of ether oxygens (including phenoxy) is 2. The van der Waals surface area contributed by atoms with Gasteiger partial charge in [0, 0.05) is 25.7 Å². The molecule has 32 heavy (non-hydrogen) atoms. The SMILES string of the molecule is CCNC(=NCc1ccc(Oc2ccccc2OC)cc1)NC1CCN(C(N)=O)CC1.I. The Bertz CT molecular complexity index is 883. The van der Waals surface area contributed by atoms with Gasteiger partial charge in [-0.15, -0.1) is 24.0 Å². The maximum absolute atomic E-state index is 11.3. The molecule has 4 N–H and O–H groups in total. The largest absolute Gasteiger partial charge is 0.493 e. The average Bonchev–Trinajstić information content (AvgIpc) is 2.79. The molecule has 3 rings (SSSR count). The van der Waals surface area contributed by atoms with E-state index in [0.717, 1.165) is 36.7 Å². The summed E-state index contributed by atoms with van der Waals surface area (Å²) < 4.78 is 11.2. The van der Waals surface area contributed by atoms with Gasteiger partial charge in [-0.2, -0.15) is 0 Å². The zero-order valence-corrected chi connectivity index (χ0v) is 20.9. The number of amides is 2. The minimum absolute atomic E-state index is 0. The second-order valence-electron chi connectivity index (χ2n) is 7.34. The first kappa shape index (κ1) is 25.6. The molecule has 0 aliphatic carbocycles. The summed E-state index contributed by atoms with van der Waals surface area (Å²) in [6.07, 6.45) is 1.70. The molecule has 9 heteroatoms. The summed E-state index contributed by atoms with van der Waals surface area (Å²) in [5, 5.41) is 6.75. The van der Waals surface area contributed by atoms with Crippen molar-refractivity contribution >= 4 is 36.0 Å². The summed E-state index contributed by atoms with van der Waals surface area (Å²) in [7, 11) is 1.63. The number of primary amides is 1. The third-order valence-corrected chi connectivity index (χ3v) is 5.13. The number of para-hydroxylation sites is 2. The second kappa shape index (κ2) is 13.0. The van der Waals surface area contributed by atoms with E-state index >= 15 is 0 Å². The Morgan fingerprint density at radius 1 is 1.12 bits per heavy atom. The summed E-state index contributed by atoms with van der Waals surface area (Å²) in [5.41, 5.74) is 6.43. The van der Waals surface area contributed by atoms with Gasteiger partial charge in [-0.3, -0.25) is 0 Å². The van der Waals surface area contributed by atoms with Crippen LogP contribution in [0.1, 0.15) is 25.3 Å². The van der Waals surface area contributed by atoms with Crippen LogP contribution < -0.4 is 25.8 Å². The first-order chi connectivity index (χ1) is 15.1. The molecule has 1 fully saturated rings. The number of urea groups is 1. The van der Waals surface area contributed by atoms with E-state index in [1.165, 1.54) is 0 Å². The molecule has 0 bridgehead atoms. The molecule has 0 saturated carbocycles. The van der Waals surface area contributed by atoms with E-state index in [2.05, 4.69) is 10.6 Å². The van der Waals surface area contributed by atoms with E-state index in [-0.39, 0.29) is 36.0 Å². The van der Waals surface area contributed by atoms with Crippen LogP contribution in [-0.2, 0) is 6.54 Å². The Morgan fingerprint density at radius 2 is 1.78 bits per heavy atom. The van der Waals surface area contributed by atoms with Crippen molar-refractivity contribution in [3.63, 3.8) is 0 Å². The molecule has 0 spiro atoms. The van der Waals surface area contributed by atoms with E-state index in [0.29, 0.717) is 31.1 Å². The fraction of sp³-hybridized carbons (Fsp3) is 0.391. The van der Waals surface area contributed by atoms with E-state index < -0.39 is 0 Å². The van der Waals surface area contributed by atoms with Gasteiger partial charge in [-0.25, -0.2) is 9.79 Å². The van der Waals surface area contributed by atoms with Crippen LogP contribution in [0, 0.1) is 0 Å². The molecule has 1 aliphatic heterocycles. The molecule has 0 radical (unpaired) electrons. The van der Waals surface area contributed by atoms with Crippen molar-refractivity contribution in [1.29, 1.82) is 0 Å². The first-order valence-corrected chi connectivity index (χ1v) is 10.6. The van der Waals surface area contributed by atoms with E-state index in [1.54, 1.807) is 12.0 Å². The predicted octanol–water partition coefficient (Wildman–Crippen LogP) is 3.70. The smallest absolute Gasteiger partial charge is 0.314 e. The molecule has 2 amide bonds. The quantitative estimate of drug-likeness (QED) is 0.276. The number of halogens is 1. The summed E-state index contributed by atoms with van der Waals surface area (Å²) in [6.45, 7) is 4.69. The van der Waals surface area contributed by atoms with E-state index in [9.17, 15) is 4.79 Å². The van der Waals surface area contributed by atoms with E-state index in [1.807, 2.05) is 55.5 Å². The van der Waals surface area contributed by atoms with Gasteiger partial charge in [0.05, 0.1) is 13.7 Å². The van der Waals surface area contributed by atoms with Crippen LogP contribution in [0.15, 0.2) is 53.5 Å². The lowest BCUT2D eigenvalue weighted by molar-refractivity contribution is 0.188. The Kier molecular flexibility index (Phi) is 10.4. The van der Waals surface area contributed by atoms with Crippen molar-refractivity contribution < 1.29 is 14.3 Å². The molecule has 1 saturated heterocycles. The molecule has 0 atom stereocenters. The van der Waals surface area contributed by atoms with Gasteiger partial charge in [0.15, 0.2) is 17.5 Å². The van der Waals surface area contributed by atoms with Crippen LogP contribution in [0.25, 0.3) is 0 Å². The maximum atomic E-state index is 11.3. The number of nitrogens with two attached hydrogens (primary N) is 1. The number of rotatable bonds is 7. The fourth-order valence-corrected chi connectivity index (χ4v) is 3.42. The van der Waals surface area contributed by atoms with Gasteiger partial charge in [0.2, 0.25) is 0 Å². The van der Waals surface area contributed by atoms with Crippen LogP contribution in [0.4, 0.5) is 4.79 Å². The number of aliphatic imine (C=N–C) groups is 1. The van der Waals surface area contributed by atoms with Gasteiger partial charge in [0.1, 0.15) is 5.75 Å². The Morgan fingerprint density at radius 3 is 2.38 bits per heavy atom. The second-order valence-corrected chi connectivity index (χ2v) is 7.34. The number of hydrogen-bond donors (Lipinski definition) is 3. The highest BCUT2D eigenvalue weighted by atomic mass is 127. The number of likely N-dealkylation sites (tertiary alicyclic amines) is 1. The minimum Gasteiger partial charge on any atom is -0.493 e. The molecular formula is C23H32IN5O3. The van der Waals surface area contributed by atoms with Gasteiger partial charge in [0.25, 0.3) is 0 Å². The molecule has 2 aromatic rings. The molecule has 0 unspecified atom stereocenters. The zero-order valence-electron chi connectivity index (χ0n) is 18.5. The van der Waals surface area contributed by atoms with Crippen molar-refractivity contribution in [2.75, 3.05) is 26.7 Å². The predicted molar refractivity (Wildman–Crippen MR) is 137 cm³/mol. The van der Waals surface area contributed by atoms with Gasteiger partial charge >= 0.3 is 6.03 Å². The fourth-order valence-electron chi connectivity index (χ4n) is 3.42. The van der Waals surface area contributed by atoms with Crippen molar-refractivity contribution in [1.82, 2.24) is 15.5 Å². The average molecular weight is 553 g/mol. The lowest BCUT2D eigenvalue weighted by atomic mass is 10.1. The Hall–Kier alpha value is -2.69. The zero-order chi connectivity index (χ0) is 22.1.